The minimum Gasteiger partial charge on any atom is -0.312 e. The quantitative estimate of drug-likeness (QED) is 0.277. The Morgan fingerprint density at radius 2 is 2.10 bits per heavy atom. The van der Waals surface area contributed by atoms with Gasteiger partial charge in [0, 0.05) is 23.5 Å². The van der Waals surface area contributed by atoms with Crippen molar-refractivity contribution in [2.45, 2.75) is 26.3 Å². The third kappa shape index (κ3) is 7.27. The second-order valence-corrected chi connectivity index (χ2v) is 3.13. The third-order valence-electron chi connectivity index (χ3n) is 0.930. The molecule has 0 aliphatic rings. The topological polar surface area (TPSA) is 60.8 Å². The number of hydrogen-bond donors (Lipinski definition) is 1. The van der Waals surface area contributed by atoms with E-state index in [2.05, 4.69) is 36.1 Å². The van der Waals surface area contributed by atoms with Crippen molar-refractivity contribution in [2.75, 3.05) is 13.1 Å². The monoisotopic (exact) mass is 142 g/mol. The molecule has 0 aliphatic carbocycles. The van der Waals surface area contributed by atoms with Crippen molar-refractivity contribution in [1.82, 2.24) is 5.32 Å². The van der Waals surface area contributed by atoms with Gasteiger partial charge >= 0.3 is 0 Å². The molecule has 0 amide bonds. The Labute approximate surface area is 61.2 Å². The minimum atomic E-state index is 0.116. The molecular weight excluding hydrogens is 128 g/mol. The lowest BCUT2D eigenvalue weighted by Gasteiger charge is -2.19. The molecule has 0 spiro atoms. The van der Waals surface area contributed by atoms with Crippen molar-refractivity contribution in [3.05, 3.63) is 10.4 Å². The van der Waals surface area contributed by atoms with E-state index in [4.69, 9.17) is 5.53 Å². The lowest BCUT2D eigenvalue weighted by Crippen LogP contribution is -2.37. The number of hydrogen-bond acceptors (Lipinski definition) is 2. The van der Waals surface area contributed by atoms with Crippen LogP contribution >= 0.6 is 0 Å². The molecule has 1 N–H and O–H groups in total. The van der Waals surface area contributed by atoms with Crippen LogP contribution in [0.3, 0.4) is 0 Å². The molecule has 0 aromatic carbocycles. The number of rotatable bonds is 3. The van der Waals surface area contributed by atoms with Crippen LogP contribution in [0.25, 0.3) is 10.4 Å². The predicted molar refractivity (Wildman–Crippen MR) is 41.8 cm³/mol. The average molecular weight is 142 g/mol. The van der Waals surface area contributed by atoms with Gasteiger partial charge in [-0.2, -0.15) is 0 Å². The fraction of sp³-hybridized carbons (Fsp3) is 1.00. The Kier molecular flexibility index (Phi) is 3.84. The first-order valence-corrected chi connectivity index (χ1v) is 3.32. The highest BCUT2D eigenvalue weighted by Crippen LogP contribution is 1.96. The van der Waals surface area contributed by atoms with E-state index in [-0.39, 0.29) is 5.54 Å². The predicted octanol–water partition coefficient (Wildman–Crippen LogP) is 1.68. The van der Waals surface area contributed by atoms with Crippen molar-refractivity contribution in [1.29, 1.82) is 0 Å². The van der Waals surface area contributed by atoms with Crippen LogP contribution in [0.2, 0.25) is 0 Å². The number of azide groups is 1. The van der Waals surface area contributed by atoms with Crippen LogP contribution in [-0.2, 0) is 0 Å². The van der Waals surface area contributed by atoms with Crippen LogP contribution < -0.4 is 5.32 Å². The van der Waals surface area contributed by atoms with Crippen LogP contribution in [0.15, 0.2) is 5.11 Å². The summed E-state index contributed by atoms with van der Waals surface area (Å²) in [4.78, 5) is 2.64. The number of nitrogens with zero attached hydrogens (tertiary/aromatic N) is 3. The first-order valence-electron chi connectivity index (χ1n) is 3.32. The lowest BCUT2D eigenvalue weighted by molar-refractivity contribution is 0.432. The summed E-state index contributed by atoms with van der Waals surface area (Å²) in [6.07, 6.45) is 0. The molecule has 4 nitrogen and oxygen atoms in total. The molecule has 0 atom stereocenters. The molecule has 58 valence electrons. The fourth-order valence-corrected chi connectivity index (χ4v) is 0.526. The maximum absolute atomic E-state index is 7.93. The molecule has 0 aromatic rings. The molecule has 0 fully saturated rings. The van der Waals surface area contributed by atoms with Crippen LogP contribution in [0.1, 0.15) is 20.8 Å². The molecule has 0 aromatic heterocycles. The smallest absolute Gasteiger partial charge is 0.0383 e. The molecule has 0 saturated carbocycles. The average Bonchev–Trinajstić information content (AvgIpc) is 1.78. The van der Waals surface area contributed by atoms with Crippen molar-refractivity contribution in [2.24, 2.45) is 5.11 Å². The van der Waals surface area contributed by atoms with Crippen LogP contribution in [0.5, 0.6) is 0 Å². The van der Waals surface area contributed by atoms with Gasteiger partial charge in [-0.1, -0.05) is 5.11 Å². The normalized spacial score (nSPS) is 10.7. The van der Waals surface area contributed by atoms with Gasteiger partial charge in [-0.3, -0.25) is 0 Å². The van der Waals surface area contributed by atoms with Crippen molar-refractivity contribution in [3.8, 4) is 0 Å². The van der Waals surface area contributed by atoms with E-state index in [0.717, 1.165) is 6.54 Å². The van der Waals surface area contributed by atoms with Gasteiger partial charge in [0.15, 0.2) is 0 Å². The zero-order chi connectivity index (χ0) is 8.04. The maximum Gasteiger partial charge on any atom is 0.0383 e. The highest BCUT2D eigenvalue weighted by Gasteiger charge is 2.05. The summed E-state index contributed by atoms with van der Waals surface area (Å²) < 4.78 is 0. The highest BCUT2D eigenvalue weighted by molar-refractivity contribution is 4.70. The number of nitrogens with one attached hydrogen (secondary N) is 1. The van der Waals surface area contributed by atoms with Gasteiger partial charge in [-0.25, -0.2) is 0 Å². The van der Waals surface area contributed by atoms with Gasteiger partial charge in [0.25, 0.3) is 0 Å². The minimum absolute atomic E-state index is 0.116. The van der Waals surface area contributed by atoms with E-state index in [1.807, 2.05) is 0 Å². The Bertz CT molecular complexity index is 129. The van der Waals surface area contributed by atoms with Gasteiger partial charge in [0.05, 0.1) is 0 Å². The fourth-order valence-electron chi connectivity index (χ4n) is 0.526. The molecule has 0 aliphatic heterocycles. The Hall–Kier alpha value is -0.730. The summed E-state index contributed by atoms with van der Waals surface area (Å²) in [7, 11) is 0. The molecule has 0 saturated heterocycles. The lowest BCUT2D eigenvalue weighted by atomic mass is 10.1. The molecule has 0 heterocycles. The SMILES string of the molecule is CC(C)(C)NCCN=[N+]=[N-]. The first kappa shape index (κ1) is 9.27. The summed E-state index contributed by atoms with van der Waals surface area (Å²) in [6, 6.07) is 0. The second-order valence-electron chi connectivity index (χ2n) is 3.13. The molecule has 0 rings (SSSR count). The third-order valence-corrected chi connectivity index (χ3v) is 0.930. The first-order chi connectivity index (χ1) is 4.56. The summed E-state index contributed by atoms with van der Waals surface area (Å²) >= 11 is 0. The highest BCUT2D eigenvalue weighted by atomic mass is 15.1. The summed E-state index contributed by atoms with van der Waals surface area (Å²) in [5.41, 5.74) is 8.04. The van der Waals surface area contributed by atoms with Gasteiger partial charge in [0.1, 0.15) is 0 Å². The van der Waals surface area contributed by atoms with Crippen molar-refractivity contribution >= 4 is 0 Å². The standard InChI is InChI=1S/C6H14N4/c1-6(2,3)8-4-5-9-10-7/h8H,4-5H2,1-3H3. The largest absolute Gasteiger partial charge is 0.312 e. The molecule has 0 radical (unpaired) electrons. The maximum atomic E-state index is 7.93. The van der Waals surface area contributed by atoms with E-state index >= 15 is 0 Å². The summed E-state index contributed by atoms with van der Waals surface area (Å²) in [6.45, 7) is 7.48. The Morgan fingerprint density at radius 3 is 2.50 bits per heavy atom. The van der Waals surface area contributed by atoms with Gasteiger partial charge in [-0.15, -0.1) is 0 Å². The Morgan fingerprint density at radius 1 is 1.50 bits per heavy atom. The van der Waals surface area contributed by atoms with Gasteiger partial charge < -0.3 is 5.32 Å². The van der Waals surface area contributed by atoms with Crippen molar-refractivity contribution < 1.29 is 0 Å². The summed E-state index contributed by atoms with van der Waals surface area (Å²) in [5.74, 6) is 0. The molecule has 4 heteroatoms. The van der Waals surface area contributed by atoms with Crippen LogP contribution in [0.4, 0.5) is 0 Å². The van der Waals surface area contributed by atoms with Crippen molar-refractivity contribution in [3.63, 3.8) is 0 Å². The van der Waals surface area contributed by atoms with Gasteiger partial charge in [0.2, 0.25) is 0 Å². The van der Waals surface area contributed by atoms with E-state index in [9.17, 15) is 0 Å². The van der Waals surface area contributed by atoms with E-state index in [0.29, 0.717) is 6.54 Å². The molecule has 10 heavy (non-hydrogen) atoms. The van der Waals surface area contributed by atoms with E-state index < -0.39 is 0 Å². The molecule has 0 bridgehead atoms. The van der Waals surface area contributed by atoms with Crippen LogP contribution in [-0.4, -0.2) is 18.6 Å². The Balaban J connectivity index is 3.28. The molecule has 0 unspecified atom stereocenters. The van der Waals surface area contributed by atoms with Gasteiger partial charge in [-0.05, 0) is 26.3 Å². The zero-order valence-electron chi connectivity index (χ0n) is 6.76. The summed E-state index contributed by atoms with van der Waals surface area (Å²) in [5, 5.41) is 6.58. The zero-order valence-corrected chi connectivity index (χ0v) is 6.76. The van der Waals surface area contributed by atoms with E-state index in [1.54, 1.807) is 0 Å². The van der Waals surface area contributed by atoms with E-state index in [1.165, 1.54) is 0 Å². The molecular formula is C6H14N4. The second kappa shape index (κ2) is 4.14. The van der Waals surface area contributed by atoms with Crippen LogP contribution in [0, 0.1) is 0 Å².